The number of hydrogen-bond donors (Lipinski definition) is 2. The average molecular weight is 165 g/mol. The molecule has 0 spiro atoms. The SMILES string of the molecule is O=C1Nc2ccccc2C(O)O1. The zero-order chi connectivity index (χ0) is 8.55. The molecule has 1 amide bonds. The standard InChI is InChI=1S/C8H7NO3/c10-7-5-3-1-2-4-6(5)9-8(11)12-7/h1-4,7,10H,(H,9,11). The number of aliphatic hydroxyl groups excluding tert-OH is 1. The van der Waals surface area contributed by atoms with Crippen LogP contribution < -0.4 is 5.32 Å². The first-order valence-electron chi connectivity index (χ1n) is 3.52. The number of rotatable bonds is 0. The Bertz CT molecular complexity index is 324. The molecular formula is C8H7NO3. The van der Waals surface area contributed by atoms with Gasteiger partial charge in [0.05, 0.1) is 5.69 Å². The molecule has 1 aliphatic heterocycles. The van der Waals surface area contributed by atoms with Crippen LogP contribution in [-0.4, -0.2) is 11.2 Å². The first-order valence-corrected chi connectivity index (χ1v) is 3.52. The third-order valence-corrected chi connectivity index (χ3v) is 1.68. The summed E-state index contributed by atoms with van der Waals surface area (Å²) in [6.45, 7) is 0. The second kappa shape index (κ2) is 2.49. The molecule has 0 saturated carbocycles. The van der Waals surface area contributed by atoms with Gasteiger partial charge < -0.3 is 9.84 Å². The largest absolute Gasteiger partial charge is 0.415 e. The number of aliphatic hydroxyl groups is 1. The molecule has 2 N–H and O–H groups in total. The van der Waals surface area contributed by atoms with Crippen LogP contribution in [0.3, 0.4) is 0 Å². The van der Waals surface area contributed by atoms with Crippen LogP contribution in [0.25, 0.3) is 0 Å². The molecule has 1 aromatic carbocycles. The molecule has 4 heteroatoms. The van der Waals surface area contributed by atoms with E-state index in [-0.39, 0.29) is 0 Å². The fourth-order valence-electron chi connectivity index (χ4n) is 1.13. The second-order valence-electron chi connectivity index (χ2n) is 2.47. The van der Waals surface area contributed by atoms with Gasteiger partial charge in [-0.25, -0.2) is 4.79 Å². The Hall–Kier alpha value is -1.55. The number of carbonyl (C=O) groups is 1. The van der Waals surface area contributed by atoms with Crippen LogP contribution in [0.5, 0.6) is 0 Å². The molecule has 0 saturated heterocycles. The lowest BCUT2D eigenvalue weighted by Gasteiger charge is -2.21. The number of para-hydroxylation sites is 1. The van der Waals surface area contributed by atoms with Crippen molar-refractivity contribution in [1.29, 1.82) is 0 Å². The second-order valence-corrected chi connectivity index (χ2v) is 2.47. The van der Waals surface area contributed by atoms with Crippen LogP contribution in [0.4, 0.5) is 10.5 Å². The lowest BCUT2D eigenvalue weighted by Crippen LogP contribution is -2.24. The summed E-state index contributed by atoms with van der Waals surface area (Å²) < 4.78 is 4.52. The van der Waals surface area contributed by atoms with Crippen LogP contribution in [-0.2, 0) is 4.74 Å². The zero-order valence-corrected chi connectivity index (χ0v) is 6.15. The summed E-state index contributed by atoms with van der Waals surface area (Å²) in [5.74, 6) is 0. The van der Waals surface area contributed by atoms with Gasteiger partial charge in [0.25, 0.3) is 0 Å². The van der Waals surface area contributed by atoms with Gasteiger partial charge in [-0.15, -0.1) is 0 Å². The first kappa shape index (κ1) is 7.12. The fraction of sp³-hybridized carbons (Fsp3) is 0.125. The van der Waals surface area contributed by atoms with Gasteiger partial charge >= 0.3 is 6.09 Å². The number of benzene rings is 1. The number of anilines is 1. The highest BCUT2D eigenvalue weighted by Crippen LogP contribution is 2.27. The van der Waals surface area contributed by atoms with Gasteiger partial charge in [-0.1, -0.05) is 18.2 Å². The van der Waals surface area contributed by atoms with Crippen molar-refractivity contribution in [2.45, 2.75) is 6.29 Å². The quantitative estimate of drug-likeness (QED) is 0.608. The van der Waals surface area contributed by atoms with E-state index in [4.69, 9.17) is 0 Å². The third kappa shape index (κ3) is 1.02. The number of amides is 1. The number of cyclic esters (lactones) is 1. The topological polar surface area (TPSA) is 58.6 Å². The van der Waals surface area contributed by atoms with Crippen molar-refractivity contribution in [3.63, 3.8) is 0 Å². The minimum Gasteiger partial charge on any atom is -0.415 e. The Labute approximate surface area is 68.8 Å². The minimum absolute atomic E-state index is 0.581. The van der Waals surface area contributed by atoms with E-state index in [0.717, 1.165) is 0 Å². The number of hydrogen-bond acceptors (Lipinski definition) is 3. The van der Waals surface area contributed by atoms with E-state index in [0.29, 0.717) is 11.3 Å². The Morgan fingerprint density at radius 1 is 1.42 bits per heavy atom. The van der Waals surface area contributed by atoms with Crippen molar-refractivity contribution in [2.24, 2.45) is 0 Å². The maximum absolute atomic E-state index is 10.7. The van der Waals surface area contributed by atoms with E-state index < -0.39 is 12.4 Å². The Kier molecular flexibility index (Phi) is 1.48. The monoisotopic (exact) mass is 165 g/mol. The van der Waals surface area contributed by atoms with Gasteiger partial charge in [0.1, 0.15) is 0 Å². The summed E-state index contributed by atoms with van der Waals surface area (Å²) in [6.07, 6.45) is -1.77. The van der Waals surface area contributed by atoms with Crippen LogP contribution in [0.1, 0.15) is 11.9 Å². The Morgan fingerprint density at radius 2 is 2.17 bits per heavy atom. The molecule has 2 rings (SSSR count). The number of nitrogens with one attached hydrogen (secondary N) is 1. The molecule has 0 radical (unpaired) electrons. The Morgan fingerprint density at radius 3 is 3.00 bits per heavy atom. The molecule has 1 atom stereocenters. The van der Waals surface area contributed by atoms with Crippen LogP contribution >= 0.6 is 0 Å². The average Bonchev–Trinajstić information content (AvgIpc) is 2.04. The molecule has 1 aliphatic rings. The summed E-state index contributed by atoms with van der Waals surface area (Å²) in [4.78, 5) is 10.7. The van der Waals surface area contributed by atoms with Crippen LogP contribution in [0.2, 0.25) is 0 Å². The molecular weight excluding hydrogens is 158 g/mol. The highest BCUT2D eigenvalue weighted by molar-refractivity contribution is 5.87. The van der Waals surface area contributed by atoms with Crippen molar-refractivity contribution in [3.8, 4) is 0 Å². The van der Waals surface area contributed by atoms with Gasteiger partial charge in [-0.2, -0.15) is 0 Å². The maximum atomic E-state index is 10.7. The highest BCUT2D eigenvalue weighted by Gasteiger charge is 2.22. The van der Waals surface area contributed by atoms with Crippen molar-refractivity contribution in [3.05, 3.63) is 29.8 Å². The summed E-state index contributed by atoms with van der Waals surface area (Å²) in [7, 11) is 0. The Balaban J connectivity index is 2.47. The van der Waals surface area contributed by atoms with E-state index in [1.807, 2.05) is 0 Å². The molecule has 12 heavy (non-hydrogen) atoms. The molecule has 4 nitrogen and oxygen atoms in total. The van der Waals surface area contributed by atoms with Crippen LogP contribution in [0.15, 0.2) is 24.3 Å². The predicted molar refractivity (Wildman–Crippen MR) is 41.5 cm³/mol. The van der Waals surface area contributed by atoms with Gasteiger partial charge in [0.15, 0.2) is 0 Å². The molecule has 0 bridgehead atoms. The third-order valence-electron chi connectivity index (χ3n) is 1.68. The van der Waals surface area contributed by atoms with Crippen molar-refractivity contribution in [2.75, 3.05) is 5.32 Å². The number of ether oxygens (including phenoxy) is 1. The number of fused-ring (bicyclic) bond motifs is 1. The van der Waals surface area contributed by atoms with Crippen molar-refractivity contribution < 1.29 is 14.6 Å². The summed E-state index contributed by atoms with van der Waals surface area (Å²) in [5, 5.41) is 11.7. The zero-order valence-electron chi connectivity index (χ0n) is 6.15. The first-order chi connectivity index (χ1) is 5.77. The molecule has 1 aromatic rings. The van der Waals surface area contributed by atoms with Crippen LogP contribution in [0, 0.1) is 0 Å². The number of carbonyl (C=O) groups excluding carboxylic acids is 1. The van der Waals surface area contributed by atoms with Gasteiger partial charge in [-0.3, -0.25) is 5.32 Å². The van der Waals surface area contributed by atoms with Gasteiger partial charge in [0, 0.05) is 5.56 Å². The van der Waals surface area contributed by atoms with Crippen molar-refractivity contribution in [1.82, 2.24) is 0 Å². The van der Waals surface area contributed by atoms with Gasteiger partial charge in [0.2, 0.25) is 6.29 Å². The van der Waals surface area contributed by atoms with Crippen molar-refractivity contribution >= 4 is 11.8 Å². The van der Waals surface area contributed by atoms with Gasteiger partial charge in [-0.05, 0) is 6.07 Å². The highest BCUT2D eigenvalue weighted by atomic mass is 16.6. The van der Waals surface area contributed by atoms with E-state index >= 15 is 0 Å². The normalized spacial score (nSPS) is 20.8. The summed E-state index contributed by atoms with van der Waals surface area (Å²) in [6, 6.07) is 6.94. The van der Waals surface area contributed by atoms with E-state index in [1.165, 1.54) is 0 Å². The fourth-order valence-corrected chi connectivity index (χ4v) is 1.13. The molecule has 0 aromatic heterocycles. The molecule has 0 fully saturated rings. The van der Waals surface area contributed by atoms with E-state index in [1.54, 1.807) is 24.3 Å². The smallest absolute Gasteiger partial charge is 0.414 e. The molecule has 62 valence electrons. The van der Waals surface area contributed by atoms with E-state index in [2.05, 4.69) is 10.1 Å². The predicted octanol–water partition coefficient (Wildman–Crippen LogP) is 1.24. The summed E-state index contributed by atoms with van der Waals surface area (Å²) in [5.41, 5.74) is 1.18. The lowest BCUT2D eigenvalue weighted by molar-refractivity contribution is -0.0523. The molecule has 1 heterocycles. The van der Waals surface area contributed by atoms with E-state index in [9.17, 15) is 9.90 Å². The minimum atomic E-state index is -1.14. The maximum Gasteiger partial charge on any atom is 0.414 e. The molecule has 0 aliphatic carbocycles. The lowest BCUT2D eigenvalue weighted by atomic mass is 10.1. The molecule has 1 unspecified atom stereocenters. The summed E-state index contributed by atoms with van der Waals surface area (Å²) >= 11 is 0.